The molecular weight excluding hydrogens is 1920 g/mol. The topological polar surface area (TPSA) is 420 Å². The van der Waals surface area contributed by atoms with E-state index in [4.69, 9.17) is 4.74 Å². The highest BCUT2D eigenvalue weighted by Crippen LogP contribution is 2.73. The van der Waals surface area contributed by atoms with E-state index in [1.165, 1.54) is 132 Å². The maximum absolute atomic E-state index is 12.3. The lowest BCUT2D eigenvalue weighted by atomic mass is 9.64. The Kier molecular flexibility index (Phi) is 37.1. The van der Waals surface area contributed by atoms with Crippen molar-refractivity contribution in [1.82, 2.24) is 53.9 Å². The van der Waals surface area contributed by atoms with Gasteiger partial charge in [0.15, 0.2) is 0 Å². The Labute approximate surface area is 882 Å². The van der Waals surface area contributed by atoms with Crippen molar-refractivity contribution in [3.63, 3.8) is 0 Å². The van der Waals surface area contributed by atoms with Crippen LogP contribution < -0.4 is 0 Å². The first-order valence-electron chi connectivity index (χ1n) is 49.3. The Balaban J connectivity index is 0.000000183. The van der Waals surface area contributed by atoms with Gasteiger partial charge in [0.1, 0.15) is 0 Å². The number of rotatable bonds is 0. The molecule has 13 heterocycles. The van der Waals surface area contributed by atoms with Gasteiger partial charge < -0.3 is 4.74 Å². The zero-order valence-corrected chi connectivity index (χ0v) is 80.2. The first-order chi connectivity index (χ1) is 66.7. The van der Waals surface area contributed by atoms with Crippen LogP contribution in [0.15, 0.2) is 121 Å². The van der Waals surface area contributed by atoms with Crippen molar-refractivity contribution in [3.8, 4) is 0 Å². The number of piperidine rings is 1. The fourth-order valence-corrected chi connectivity index (χ4v) is 29.6. The van der Waals surface area contributed by atoms with Crippen molar-refractivity contribution < 1.29 is 110 Å². The summed E-state index contributed by atoms with van der Waals surface area (Å²) in [6.45, 7) is 0. The Morgan fingerprint density at radius 1 is 0.247 bits per heavy atom. The van der Waals surface area contributed by atoms with Gasteiger partial charge in [-0.1, -0.05) is 159 Å². The molecule has 150 heavy (non-hydrogen) atoms. The Bertz CT molecular complexity index is 5730. The minimum absolute atomic E-state index is 0. The predicted molar refractivity (Wildman–Crippen MR) is 561 cm³/mol. The van der Waals surface area contributed by atoms with Crippen LogP contribution in [-0.2, 0) is 91.0 Å². The van der Waals surface area contributed by atoms with Crippen LogP contribution >= 0.6 is 0 Å². The third kappa shape index (κ3) is 19.4. The van der Waals surface area contributed by atoms with Crippen LogP contribution in [0.4, 0.5) is 0 Å². The normalized spacial score (nSPS) is 35.2. The Morgan fingerprint density at radius 2 is 0.533 bits per heavy atom. The summed E-state index contributed by atoms with van der Waals surface area (Å²) in [6, 6.07) is 17.9. The molecule has 22 amide bonds. The van der Waals surface area contributed by atoms with Crippen molar-refractivity contribution in [1.29, 1.82) is 0 Å². The van der Waals surface area contributed by atoms with E-state index in [9.17, 15) is 105 Å². The van der Waals surface area contributed by atoms with Crippen molar-refractivity contribution in [2.45, 2.75) is 196 Å². The number of fused-ring (bicyclic) bond motifs is 41. The number of carbonyl (C=O) groups excluding carboxylic acids is 22. The quantitative estimate of drug-likeness (QED) is 0.115. The van der Waals surface area contributed by atoms with Crippen molar-refractivity contribution in [2.24, 2.45) is 166 Å². The van der Waals surface area contributed by atoms with E-state index < -0.39 is 0 Å². The summed E-state index contributed by atoms with van der Waals surface area (Å²) < 4.78 is 5.45. The van der Waals surface area contributed by atoms with Gasteiger partial charge in [-0.3, -0.25) is 159 Å². The zero-order valence-electron chi connectivity index (χ0n) is 80.2. The number of hydrogen-bond acceptors (Lipinski definition) is 23. The molecule has 29 rings (SSSR count). The standard InChI is InChI=1S/C15H19NO2.C15H17NO2.C13H9NO2.C10H13NO2.C10H11NO2.C9H9NO3.C9H11NO2.C9H7NO2.C6H9NO2.C5H7NO2.C5H5NO2.10CH4/c2*1-16-14(17)12-8-5-9(13(12)15(16)18)11-7-3-2-6(4-7)10(8)11;1-14-12(15)9-6-2-4-8-5-3-7-10(11(8)9)13(14)16;2*1-11-9(12)7-5-2-3-6(4-5)8(7)10(11)13;1-10-8(11)6-4-2-3-5(13-4)7(6)9(10)12;2*1-10-8(11)6-4-2-3-5-7(6)9(10)12;1-7-5(8)3-2-4-6(7)9;2*1-6-4(7)2-3-5(6)8;;;;;;;;;;/h6-13H,2-5H2,1H3;2-3,6-13H,4-5H2,1H3;2-7H,1H3;5-8H,2-4H2,1H3;2-3,5-8H,4H2,1H3;2-7H,1H3;2-3,6-7H,4-5H2,1H3;2-5H,1H3;2-4H2,1H3;2-3H2,1H3;2-3H,1H3;10*1H4. The van der Waals surface area contributed by atoms with E-state index in [0.29, 0.717) is 107 Å². The van der Waals surface area contributed by atoms with Gasteiger partial charge in [-0.15, -0.1) is 0 Å². The minimum atomic E-state index is -0.243. The number of ether oxygens (including phenoxy) is 1. The fraction of sp³-hybridized carbons (Fsp3) is 0.586. The zero-order chi connectivity index (χ0) is 99.7. The SMILES string of the molecule is C.C.C.C.C.C.C.C.C.C.CN1C(=O)C2C3C=CC(C3)C2C1=O.CN1C(=O)C2C3C=CC(O3)C2C1=O.CN1C(=O)C2C3CC(C2C1=O)C1C2C=CC(C2)C31.CN1C(=O)C2C3CC(C2C1=O)C1C2CCC(C2)C31.CN1C(=O)C2C3CCC(C3)C2C1=O.CN1C(=O)C2CC=CCC2C1=O.CN1C(=O)C=CC1=O.CN1C(=O)CCC1=O.CN1C(=O)CCCC1=O.CN1C(=O)c2cccc3cccc(c23)C1=O.CN1C(=O)c2ccccc2C1=O. The molecule has 0 spiro atoms. The smallest absolute Gasteiger partial charge is 0.261 e. The number of imide groups is 11. The molecule has 13 aliphatic carbocycles. The number of amides is 22. The van der Waals surface area contributed by atoms with Crippen LogP contribution in [0, 0.1) is 166 Å². The third-order valence-corrected chi connectivity index (χ3v) is 36.3. The van der Waals surface area contributed by atoms with Gasteiger partial charge in [-0.2, -0.15) is 0 Å². The summed E-state index contributed by atoms with van der Waals surface area (Å²) in [7, 11) is 17.2. The summed E-state index contributed by atoms with van der Waals surface area (Å²) >= 11 is 0. The van der Waals surface area contributed by atoms with Crippen LogP contribution in [0.25, 0.3) is 10.8 Å². The van der Waals surface area contributed by atoms with Crippen LogP contribution in [0.1, 0.15) is 225 Å². The molecule has 34 heteroatoms. The molecule has 814 valence electrons. The maximum Gasteiger partial charge on any atom is 0.261 e. The van der Waals surface area contributed by atoms with E-state index in [2.05, 4.69) is 24.3 Å². The number of hydrogen-bond donors (Lipinski definition) is 0. The number of allylic oxidation sites excluding steroid dienone is 6. The highest BCUT2D eigenvalue weighted by molar-refractivity contribution is 6.25. The lowest BCUT2D eigenvalue weighted by molar-refractivity contribution is -0.147. The second-order valence-corrected chi connectivity index (χ2v) is 42.5. The highest BCUT2D eigenvalue weighted by Gasteiger charge is 2.73. The lowest BCUT2D eigenvalue weighted by Crippen LogP contribution is -2.39. The molecule has 3 aromatic rings. The average Bonchev–Trinajstić information content (AvgIpc) is 1.52. The van der Waals surface area contributed by atoms with Gasteiger partial charge in [-0.25, -0.2) is 0 Å². The average molecular weight is 2070 g/mol. The molecule has 10 saturated carbocycles. The number of nitrogens with zero attached hydrogens (tertiary/aromatic N) is 11. The van der Waals surface area contributed by atoms with Gasteiger partial charge in [-0.05, 0) is 208 Å². The van der Waals surface area contributed by atoms with Crippen LogP contribution in [0.3, 0.4) is 0 Å². The van der Waals surface area contributed by atoms with Crippen molar-refractivity contribution in [2.75, 3.05) is 77.5 Å². The van der Waals surface area contributed by atoms with Gasteiger partial charge in [0.25, 0.3) is 35.4 Å². The Hall–Kier alpha value is -12.9. The largest absolute Gasteiger partial charge is 0.365 e. The monoisotopic (exact) mass is 2070 g/mol. The molecule has 19 fully saturated rings. The molecule has 9 saturated heterocycles. The van der Waals surface area contributed by atoms with Crippen LogP contribution in [-0.4, -0.2) is 274 Å². The molecule has 30 unspecified atom stereocenters. The molecule has 0 radical (unpaired) electrons. The van der Waals surface area contributed by atoms with Crippen molar-refractivity contribution >= 4 is 141 Å². The van der Waals surface area contributed by atoms with E-state index >= 15 is 0 Å². The molecular formula is C116H157N11O23. The van der Waals surface area contributed by atoms with E-state index in [0.717, 1.165) is 99.5 Å². The molecule has 26 aliphatic rings. The van der Waals surface area contributed by atoms with Crippen molar-refractivity contribution in [3.05, 3.63) is 144 Å². The molecule has 0 aromatic heterocycles. The lowest BCUT2D eigenvalue weighted by Gasteiger charge is -2.38. The van der Waals surface area contributed by atoms with E-state index in [1.807, 2.05) is 48.6 Å². The van der Waals surface area contributed by atoms with Gasteiger partial charge in [0.2, 0.25) is 94.5 Å². The number of likely N-dealkylation sites (N-methyl/N-ethyl adjacent to an activating group) is 1. The minimum Gasteiger partial charge on any atom is -0.365 e. The fourth-order valence-electron chi connectivity index (χ4n) is 29.6. The van der Waals surface area contributed by atoms with Crippen LogP contribution in [0.5, 0.6) is 0 Å². The summed E-state index contributed by atoms with van der Waals surface area (Å²) in [4.78, 5) is 265. The first kappa shape index (κ1) is 121. The molecule has 13 aliphatic heterocycles. The molecule has 14 bridgehead atoms. The summed E-state index contributed by atoms with van der Waals surface area (Å²) in [6.07, 6.45) is 35.3. The number of benzene rings is 3. The molecule has 3 aromatic carbocycles. The second kappa shape index (κ2) is 46.1. The van der Waals surface area contributed by atoms with E-state index in [1.54, 1.807) is 78.7 Å². The number of likely N-dealkylation sites (tertiary alicyclic amines) is 8. The van der Waals surface area contributed by atoms with Gasteiger partial charge in [0.05, 0.1) is 94.3 Å². The first-order valence-corrected chi connectivity index (χ1v) is 49.3. The van der Waals surface area contributed by atoms with Gasteiger partial charge >= 0.3 is 0 Å². The summed E-state index contributed by atoms with van der Waals surface area (Å²) in [5, 5.41) is 1.71. The molecule has 34 nitrogen and oxygen atoms in total. The summed E-state index contributed by atoms with van der Waals surface area (Å²) in [5.74, 6) is 8.80. The molecule has 0 N–H and O–H groups in total. The Morgan fingerprint density at radius 3 is 0.873 bits per heavy atom. The van der Waals surface area contributed by atoms with E-state index in [-0.39, 0.29) is 287 Å². The number of carbonyl (C=O) groups is 22. The maximum atomic E-state index is 12.3. The highest BCUT2D eigenvalue weighted by atomic mass is 16.5. The third-order valence-electron chi connectivity index (χ3n) is 36.3. The molecule has 30 atom stereocenters. The van der Waals surface area contributed by atoms with Crippen LogP contribution in [0.2, 0.25) is 0 Å². The summed E-state index contributed by atoms with van der Waals surface area (Å²) in [5.41, 5.74) is 2.22. The second-order valence-electron chi connectivity index (χ2n) is 42.5. The predicted octanol–water partition coefficient (Wildman–Crippen LogP) is 12.8. The van der Waals surface area contributed by atoms with Gasteiger partial charge in [0, 0.05) is 132 Å².